The number of nitrogens with one attached hydrogen (secondary N) is 1. The Balaban J connectivity index is 2.19. The first-order chi connectivity index (χ1) is 19.9. The van der Waals surface area contributed by atoms with Crippen molar-refractivity contribution in [3.8, 4) is 23.8 Å². The minimum absolute atomic E-state index is 0.0307. The average Bonchev–Trinajstić information content (AvgIpc) is 2.82. The molecule has 0 aliphatic rings. The highest BCUT2D eigenvalue weighted by Crippen LogP contribution is 2.35. The summed E-state index contributed by atoms with van der Waals surface area (Å²) in [5.74, 6) is -0.297. The summed E-state index contributed by atoms with van der Waals surface area (Å²) in [5, 5.41) is 2.79. The van der Waals surface area contributed by atoms with Crippen LogP contribution >= 0.6 is 0 Å². The molecule has 0 saturated heterocycles. The topological polar surface area (TPSA) is 74.7 Å². The molecule has 0 unspecified atom stereocenters. The van der Waals surface area contributed by atoms with E-state index < -0.39 is 57.6 Å². The Bertz CT molecular complexity index is 1570. The van der Waals surface area contributed by atoms with Crippen molar-refractivity contribution in [2.45, 2.75) is 0 Å². The van der Waals surface area contributed by atoms with E-state index in [0.717, 1.165) is 24.5 Å². The average molecular weight is 426 g/mol. The van der Waals surface area contributed by atoms with E-state index in [0.29, 0.717) is 0 Å². The van der Waals surface area contributed by atoms with Gasteiger partial charge in [0.1, 0.15) is 31.1 Å². The number of methoxy groups -OCH3 is 2. The van der Waals surface area contributed by atoms with Gasteiger partial charge in [0.15, 0.2) is 11.5 Å². The van der Waals surface area contributed by atoms with Crippen LogP contribution in [-0.2, 0) is 9.47 Å². The van der Waals surface area contributed by atoms with Crippen LogP contribution in [0.4, 0.5) is 15.9 Å². The molecule has 0 amide bonds. The zero-order valence-corrected chi connectivity index (χ0v) is 14.9. The van der Waals surface area contributed by atoms with E-state index >= 15 is 0 Å². The fraction of sp³-hybridized carbons (Fsp3) is 0.273. The Hall–Kier alpha value is -3.41. The maximum absolute atomic E-state index is 13.9. The van der Waals surface area contributed by atoms with Crippen LogP contribution in [0.2, 0.25) is 0 Å². The van der Waals surface area contributed by atoms with Gasteiger partial charge in [-0.1, -0.05) is 5.92 Å². The highest BCUT2D eigenvalue weighted by Gasteiger charge is 2.13. The van der Waals surface area contributed by atoms with E-state index in [-0.39, 0.29) is 28.0 Å². The lowest BCUT2D eigenvalue weighted by Crippen LogP contribution is -2.09. The van der Waals surface area contributed by atoms with Crippen LogP contribution in [0.5, 0.6) is 11.5 Å². The Labute approximate surface area is 193 Å². The maximum Gasteiger partial charge on any atom is 0.163 e. The van der Waals surface area contributed by atoms with E-state index in [2.05, 4.69) is 30.7 Å². The molecule has 3 rings (SSSR count). The Morgan fingerprint density at radius 1 is 1.07 bits per heavy atom. The predicted molar refractivity (Wildman–Crippen MR) is 112 cm³/mol. The van der Waals surface area contributed by atoms with Gasteiger partial charge in [-0.05, 0) is 24.3 Å². The van der Waals surface area contributed by atoms with Gasteiger partial charge in [-0.3, -0.25) is 0 Å². The van der Waals surface area contributed by atoms with Gasteiger partial charge in [-0.15, -0.1) is 6.42 Å². The summed E-state index contributed by atoms with van der Waals surface area (Å²) < 4.78 is 139. The molecule has 156 valence electrons. The Morgan fingerprint density at radius 3 is 2.50 bits per heavy atom. The molecular weight excluding hydrogens is 389 g/mol. The molecule has 0 bridgehead atoms. The lowest BCUT2D eigenvalue weighted by molar-refractivity contribution is 0.132. The Morgan fingerprint density at radius 2 is 1.80 bits per heavy atom. The fourth-order valence-corrected chi connectivity index (χ4v) is 2.37. The largest absolute Gasteiger partial charge is 0.487 e. The monoisotopic (exact) mass is 425 g/mol. The van der Waals surface area contributed by atoms with Crippen molar-refractivity contribution in [2.24, 2.45) is 0 Å². The zero-order chi connectivity index (χ0) is 33.5. The number of rotatable bonds is 10. The highest BCUT2D eigenvalue weighted by atomic mass is 19.1. The second-order valence-electron chi connectivity index (χ2n) is 5.32. The molecule has 7 nitrogen and oxygen atoms in total. The number of benzene rings is 2. The normalized spacial score (nSPS) is 20.3. The van der Waals surface area contributed by atoms with Gasteiger partial charge in [-0.25, -0.2) is 14.4 Å². The van der Waals surface area contributed by atoms with E-state index in [4.69, 9.17) is 35.1 Å². The third-order valence-corrected chi connectivity index (χ3v) is 3.59. The summed E-state index contributed by atoms with van der Waals surface area (Å²) in [5.41, 5.74) is 0.0410. The third-order valence-electron chi connectivity index (χ3n) is 3.59. The highest BCUT2D eigenvalue weighted by molar-refractivity contribution is 5.93. The molecule has 0 fully saturated rings. The molecule has 1 aromatic heterocycles. The quantitative estimate of drug-likeness (QED) is 0.498. The first-order valence-corrected chi connectivity index (χ1v) is 7.97. The van der Waals surface area contributed by atoms with Crippen LogP contribution < -0.4 is 14.8 Å². The van der Waals surface area contributed by atoms with Gasteiger partial charge >= 0.3 is 0 Å². The minimum Gasteiger partial charge on any atom is -0.487 e. The molecule has 0 atom stereocenters. The van der Waals surface area contributed by atoms with E-state index in [1.165, 1.54) is 12.1 Å². The van der Waals surface area contributed by atoms with Gasteiger partial charge in [0.2, 0.25) is 0 Å². The number of hydrogen-bond acceptors (Lipinski definition) is 7. The molecule has 30 heavy (non-hydrogen) atoms. The van der Waals surface area contributed by atoms with Gasteiger partial charge in [-0.2, -0.15) is 0 Å². The van der Waals surface area contributed by atoms with Crippen molar-refractivity contribution in [1.29, 1.82) is 0 Å². The second-order valence-corrected chi connectivity index (χ2v) is 5.32. The van der Waals surface area contributed by atoms with Crippen LogP contribution in [0.25, 0.3) is 10.9 Å². The van der Waals surface area contributed by atoms with Crippen LogP contribution in [0, 0.1) is 18.2 Å². The first kappa shape index (κ1) is 9.60. The number of aromatic nitrogens is 2. The number of hydrogen-bond donors (Lipinski definition) is 1. The van der Waals surface area contributed by atoms with E-state index in [9.17, 15) is 4.39 Å². The van der Waals surface area contributed by atoms with Crippen molar-refractivity contribution in [2.75, 3.05) is 45.6 Å². The van der Waals surface area contributed by atoms with Gasteiger partial charge in [0.25, 0.3) is 0 Å². The minimum atomic E-state index is -3.67. The molecule has 0 saturated carbocycles. The molecule has 0 radical (unpaired) electrons. The lowest BCUT2D eigenvalue weighted by atomic mass is 10.1. The molecule has 0 spiro atoms. The number of anilines is 2. The van der Waals surface area contributed by atoms with Crippen LogP contribution in [0.3, 0.4) is 0 Å². The summed E-state index contributed by atoms with van der Waals surface area (Å²) in [6.07, 6.45) is 6.33. The Kier molecular flexibility index (Phi) is 3.32. The van der Waals surface area contributed by atoms with E-state index in [1.54, 1.807) is 0 Å². The summed E-state index contributed by atoms with van der Waals surface area (Å²) in [6, 6.07) is 5.45. The number of nitrogens with zero attached hydrogens (tertiary/aromatic N) is 2. The smallest absolute Gasteiger partial charge is 0.163 e. The molecule has 3 aromatic rings. The number of ether oxygens (including phenoxy) is 4. The summed E-state index contributed by atoms with van der Waals surface area (Å²) in [7, 11) is -6.85. The van der Waals surface area contributed by atoms with Gasteiger partial charge in [0.05, 0.1) is 43.4 Å². The van der Waals surface area contributed by atoms with Crippen LogP contribution in [0.1, 0.15) is 24.8 Å². The summed E-state index contributed by atoms with van der Waals surface area (Å²) in [6.45, 7) is -14.6. The van der Waals surface area contributed by atoms with Gasteiger partial charge < -0.3 is 24.3 Å². The van der Waals surface area contributed by atoms with E-state index in [1.807, 2.05) is 0 Å². The molecule has 1 heterocycles. The van der Waals surface area contributed by atoms with Crippen molar-refractivity contribution in [3.63, 3.8) is 0 Å². The molecule has 2 aromatic carbocycles. The molecule has 0 aliphatic heterocycles. The van der Waals surface area contributed by atoms with Crippen molar-refractivity contribution >= 4 is 22.4 Å². The second kappa shape index (κ2) is 10.4. The molecule has 8 heteroatoms. The molecular formula is C22H22FN3O4. The van der Waals surface area contributed by atoms with Gasteiger partial charge in [0, 0.05) is 31.2 Å². The predicted octanol–water partition coefficient (Wildman–Crippen LogP) is 3.54. The summed E-state index contributed by atoms with van der Waals surface area (Å²) >= 11 is 0. The molecule has 1 N–H and O–H groups in total. The zero-order valence-electron chi connectivity index (χ0n) is 28.9. The first-order valence-electron chi connectivity index (χ1n) is 15.0. The molecule has 0 aliphatic carbocycles. The van der Waals surface area contributed by atoms with Crippen molar-refractivity contribution in [1.82, 2.24) is 9.97 Å². The van der Waals surface area contributed by atoms with Crippen LogP contribution in [0.15, 0.2) is 36.7 Å². The van der Waals surface area contributed by atoms with Crippen molar-refractivity contribution in [3.05, 3.63) is 48.0 Å². The third kappa shape index (κ3) is 5.14. The maximum atomic E-state index is 13.9. The number of terminal acetylenes is 1. The SMILES string of the molecule is [2H]C([2H])([2H])OC([2H])([2H])C([2H])([2H])Oc1cc2ncnc(Nc3ccc(F)c(C#C)c3)c2cc1OC([2H])([2H])C([2H])([2H])OC([2H])([2H])[2H]. The number of halogens is 1. The fourth-order valence-electron chi connectivity index (χ4n) is 2.37. The lowest BCUT2D eigenvalue weighted by Gasteiger charge is -2.15. The standard InChI is InChI=1S/C22H22FN3O4/c1-4-15-11-16(5-6-18(15)23)26-22-17-12-20(29-9-7-27-2)21(30-10-8-28-3)13-19(17)24-14-25-22/h1,5-6,11-14H,7-10H2,2-3H3,(H,24,25,26)/i2D3,3D3,7D2,8D2,9D2,10D2. The van der Waals surface area contributed by atoms with Crippen molar-refractivity contribution < 1.29 is 42.5 Å². The number of fused-ring (bicyclic) bond motifs is 1. The van der Waals surface area contributed by atoms with Crippen LogP contribution in [-0.4, -0.2) is 50.3 Å². The summed E-state index contributed by atoms with van der Waals surface area (Å²) in [4.78, 5) is 8.05.